The number of carbonyl (C=O) groups is 3. The highest BCUT2D eigenvalue weighted by Crippen LogP contribution is 2.35. The lowest BCUT2D eigenvalue weighted by atomic mass is 10.2. The molecule has 126 valence electrons. The van der Waals surface area contributed by atoms with Crippen LogP contribution in [0.15, 0.2) is 23.1 Å². The largest absolute Gasteiger partial charge is 0.467 e. The first kappa shape index (κ1) is 18.0. The van der Waals surface area contributed by atoms with Gasteiger partial charge in [-0.3, -0.25) is 24.6 Å². The van der Waals surface area contributed by atoms with E-state index in [0.29, 0.717) is 17.3 Å². The van der Waals surface area contributed by atoms with E-state index in [0.717, 1.165) is 12.0 Å². The van der Waals surface area contributed by atoms with E-state index in [1.54, 1.807) is 0 Å². The average Bonchev–Trinajstić information content (AvgIpc) is 2.81. The SMILES string of the molecule is COC(=O)[C@H](C)N1C(=O)S/C(=C/c2ccc(Cl)c([N+](=O)[O-])c2)C1=O. The van der Waals surface area contributed by atoms with Crippen LogP contribution >= 0.6 is 23.4 Å². The summed E-state index contributed by atoms with van der Waals surface area (Å²) in [7, 11) is 1.15. The van der Waals surface area contributed by atoms with Crippen molar-refractivity contribution in [2.24, 2.45) is 0 Å². The summed E-state index contributed by atoms with van der Waals surface area (Å²) in [4.78, 5) is 46.9. The number of halogens is 1. The third-order valence-electron chi connectivity index (χ3n) is 3.22. The number of benzene rings is 1. The summed E-state index contributed by atoms with van der Waals surface area (Å²) >= 11 is 6.37. The number of esters is 1. The van der Waals surface area contributed by atoms with Crippen molar-refractivity contribution in [3.63, 3.8) is 0 Å². The van der Waals surface area contributed by atoms with Crippen molar-refractivity contribution in [2.75, 3.05) is 7.11 Å². The summed E-state index contributed by atoms with van der Waals surface area (Å²) < 4.78 is 4.53. The molecule has 0 radical (unpaired) electrons. The van der Waals surface area contributed by atoms with E-state index >= 15 is 0 Å². The molecule has 0 bridgehead atoms. The van der Waals surface area contributed by atoms with Crippen molar-refractivity contribution in [1.29, 1.82) is 0 Å². The highest BCUT2D eigenvalue weighted by Gasteiger charge is 2.41. The van der Waals surface area contributed by atoms with Gasteiger partial charge in [0.05, 0.1) is 16.9 Å². The van der Waals surface area contributed by atoms with Crippen molar-refractivity contribution in [1.82, 2.24) is 4.90 Å². The number of nitro groups is 1. The zero-order valence-corrected chi connectivity index (χ0v) is 14.1. The summed E-state index contributed by atoms with van der Waals surface area (Å²) in [5, 5.41) is 10.2. The van der Waals surface area contributed by atoms with Gasteiger partial charge in [-0.1, -0.05) is 17.7 Å². The van der Waals surface area contributed by atoms with Crippen LogP contribution in [0.25, 0.3) is 6.08 Å². The molecule has 0 spiro atoms. The minimum Gasteiger partial charge on any atom is -0.467 e. The van der Waals surface area contributed by atoms with Gasteiger partial charge in [-0.25, -0.2) is 4.79 Å². The quantitative estimate of drug-likeness (QED) is 0.347. The number of rotatable bonds is 4. The van der Waals surface area contributed by atoms with Crippen LogP contribution in [0.3, 0.4) is 0 Å². The molecule has 1 fully saturated rings. The molecule has 1 atom stereocenters. The highest BCUT2D eigenvalue weighted by molar-refractivity contribution is 8.18. The minimum atomic E-state index is -1.06. The Labute approximate surface area is 145 Å². The standard InChI is InChI=1S/C14H11ClN2O6S/c1-7(13(19)23-2)16-12(18)11(24-14(16)20)6-8-3-4-9(15)10(5-8)17(21)22/h3-7H,1-2H3/b11-6+/t7-/m0/s1. The molecule has 24 heavy (non-hydrogen) atoms. The van der Waals surface area contributed by atoms with Crippen LogP contribution in [-0.4, -0.2) is 40.1 Å². The maximum absolute atomic E-state index is 12.3. The van der Waals surface area contributed by atoms with E-state index in [4.69, 9.17) is 11.6 Å². The predicted molar refractivity (Wildman–Crippen MR) is 87.4 cm³/mol. The first-order valence-corrected chi connectivity index (χ1v) is 7.74. The molecule has 0 N–H and O–H groups in total. The molecule has 0 aliphatic carbocycles. The van der Waals surface area contributed by atoms with Crippen LogP contribution in [-0.2, 0) is 14.3 Å². The number of thioether (sulfide) groups is 1. The molecule has 8 nitrogen and oxygen atoms in total. The van der Waals surface area contributed by atoms with E-state index in [1.165, 1.54) is 31.2 Å². The summed E-state index contributed by atoms with van der Waals surface area (Å²) in [6.45, 7) is 1.37. The Morgan fingerprint density at radius 2 is 2.12 bits per heavy atom. The molecule has 1 aliphatic heterocycles. The molecule has 1 aromatic carbocycles. The number of imide groups is 1. The minimum absolute atomic E-state index is 0.0374. The molecule has 10 heteroatoms. The van der Waals surface area contributed by atoms with Gasteiger partial charge in [0, 0.05) is 6.07 Å². The molecular formula is C14H11ClN2O6S. The van der Waals surface area contributed by atoms with E-state index in [2.05, 4.69) is 4.74 Å². The lowest BCUT2D eigenvalue weighted by molar-refractivity contribution is -0.384. The monoisotopic (exact) mass is 370 g/mol. The second-order valence-electron chi connectivity index (χ2n) is 4.72. The number of hydrogen-bond acceptors (Lipinski definition) is 7. The molecule has 0 unspecified atom stereocenters. The number of methoxy groups -OCH3 is 1. The van der Waals surface area contributed by atoms with E-state index in [9.17, 15) is 24.5 Å². The molecule has 2 rings (SSSR count). The fourth-order valence-electron chi connectivity index (χ4n) is 2.00. The third kappa shape index (κ3) is 3.41. The Bertz CT molecular complexity index is 779. The smallest absolute Gasteiger partial charge is 0.328 e. The van der Waals surface area contributed by atoms with Gasteiger partial charge >= 0.3 is 5.97 Å². The molecule has 1 saturated heterocycles. The summed E-state index contributed by atoms with van der Waals surface area (Å²) in [5.41, 5.74) is 0.0231. The van der Waals surface area contributed by atoms with Crippen molar-refractivity contribution in [3.05, 3.63) is 43.8 Å². The third-order valence-corrected chi connectivity index (χ3v) is 4.42. The van der Waals surface area contributed by atoms with Crippen molar-refractivity contribution < 1.29 is 24.0 Å². The second-order valence-corrected chi connectivity index (χ2v) is 6.12. The van der Waals surface area contributed by atoms with E-state index < -0.39 is 28.1 Å². The van der Waals surface area contributed by atoms with Crippen molar-refractivity contribution in [2.45, 2.75) is 13.0 Å². The van der Waals surface area contributed by atoms with Crippen LogP contribution < -0.4 is 0 Å². The van der Waals surface area contributed by atoms with Crippen molar-refractivity contribution >= 4 is 52.2 Å². The van der Waals surface area contributed by atoms with Crippen LogP contribution in [0.2, 0.25) is 5.02 Å². The maximum Gasteiger partial charge on any atom is 0.328 e. The Kier molecular flexibility index (Phi) is 5.25. The normalized spacial score (nSPS) is 17.3. The number of hydrogen-bond donors (Lipinski definition) is 0. The van der Waals surface area contributed by atoms with Gasteiger partial charge < -0.3 is 4.74 Å². The molecule has 2 amide bonds. The van der Waals surface area contributed by atoms with Crippen LogP contribution in [0.4, 0.5) is 10.5 Å². The lowest BCUT2D eigenvalue weighted by Crippen LogP contribution is -2.42. The fraction of sp³-hybridized carbons (Fsp3) is 0.214. The highest BCUT2D eigenvalue weighted by atomic mass is 35.5. The Morgan fingerprint density at radius 1 is 1.46 bits per heavy atom. The molecular weight excluding hydrogens is 360 g/mol. The average molecular weight is 371 g/mol. The van der Waals surface area contributed by atoms with Crippen LogP contribution in [0, 0.1) is 10.1 Å². The van der Waals surface area contributed by atoms with E-state index in [-0.39, 0.29) is 15.6 Å². The topological polar surface area (TPSA) is 107 Å². The number of nitrogens with zero attached hydrogens (tertiary/aromatic N) is 2. The molecule has 0 saturated carbocycles. The summed E-state index contributed by atoms with van der Waals surface area (Å²) in [6, 6.07) is 2.94. The first-order chi connectivity index (χ1) is 11.3. The molecule has 1 heterocycles. The van der Waals surface area contributed by atoms with Gasteiger partial charge in [0.15, 0.2) is 0 Å². The first-order valence-electron chi connectivity index (χ1n) is 6.55. The zero-order chi connectivity index (χ0) is 18.0. The molecule has 0 aromatic heterocycles. The Hall–Kier alpha value is -2.39. The molecule has 1 aliphatic rings. The van der Waals surface area contributed by atoms with Crippen LogP contribution in [0.1, 0.15) is 12.5 Å². The van der Waals surface area contributed by atoms with Crippen molar-refractivity contribution in [3.8, 4) is 0 Å². The van der Waals surface area contributed by atoms with Gasteiger partial charge in [0.2, 0.25) is 0 Å². The summed E-state index contributed by atoms with van der Waals surface area (Å²) in [5.74, 6) is -1.39. The summed E-state index contributed by atoms with van der Waals surface area (Å²) in [6.07, 6.45) is 1.33. The van der Waals surface area contributed by atoms with Gasteiger partial charge in [-0.15, -0.1) is 0 Å². The van der Waals surface area contributed by atoms with Gasteiger partial charge in [-0.05, 0) is 36.4 Å². The van der Waals surface area contributed by atoms with Gasteiger partial charge in [0.1, 0.15) is 11.1 Å². The van der Waals surface area contributed by atoms with Crippen LogP contribution in [0.5, 0.6) is 0 Å². The maximum atomic E-state index is 12.3. The lowest BCUT2D eigenvalue weighted by Gasteiger charge is -2.18. The Morgan fingerprint density at radius 3 is 2.71 bits per heavy atom. The predicted octanol–water partition coefficient (Wildman–Crippen LogP) is 2.85. The van der Waals surface area contributed by atoms with Gasteiger partial charge in [-0.2, -0.15) is 0 Å². The molecule has 1 aromatic rings. The fourth-order valence-corrected chi connectivity index (χ4v) is 3.10. The number of carbonyl (C=O) groups excluding carboxylic acids is 3. The van der Waals surface area contributed by atoms with Gasteiger partial charge in [0.25, 0.3) is 16.8 Å². The number of ether oxygens (including phenoxy) is 1. The zero-order valence-electron chi connectivity index (χ0n) is 12.5. The second kappa shape index (κ2) is 7.02. The number of amides is 2. The number of nitro benzene ring substituents is 1. The Balaban J connectivity index is 2.34. The van der Waals surface area contributed by atoms with E-state index in [1.807, 2.05) is 0 Å².